The monoisotopic (exact) mass is 359 g/mol. The third-order valence-electron chi connectivity index (χ3n) is 4.73. The van der Waals surface area contributed by atoms with Crippen LogP contribution < -0.4 is 10.6 Å². The van der Waals surface area contributed by atoms with E-state index in [1.54, 1.807) is 36.1 Å². The molecule has 1 heterocycles. The lowest BCUT2D eigenvalue weighted by atomic mass is 9.97. The average molecular weight is 359 g/mol. The zero-order valence-corrected chi connectivity index (χ0v) is 15.0. The molecule has 0 unspecified atom stereocenters. The summed E-state index contributed by atoms with van der Waals surface area (Å²) >= 11 is 0. The van der Waals surface area contributed by atoms with E-state index < -0.39 is 0 Å². The van der Waals surface area contributed by atoms with Gasteiger partial charge in [-0.2, -0.15) is 0 Å². The van der Waals surface area contributed by atoms with Crippen LogP contribution in [0.15, 0.2) is 24.3 Å². The molecule has 1 aromatic carbocycles. The molecular weight excluding hydrogens is 334 g/mol. The third kappa shape index (κ3) is 4.74. The fourth-order valence-corrected chi connectivity index (χ4v) is 3.05. The Morgan fingerprint density at radius 1 is 1.04 bits per heavy atom. The lowest BCUT2D eigenvalue weighted by molar-refractivity contribution is -0.149. The van der Waals surface area contributed by atoms with E-state index in [2.05, 4.69) is 10.6 Å². The Kier molecular flexibility index (Phi) is 5.75. The minimum absolute atomic E-state index is 0.0366. The molecule has 3 amide bonds. The first-order valence-corrected chi connectivity index (χ1v) is 9.20. The number of amides is 3. The molecule has 2 aliphatic rings. The van der Waals surface area contributed by atoms with Gasteiger partial charge in [0.25, 0.3) is 0 Å². The van der Waals surface area contributed by atoms with Gasteiger partial charge in [-0.05, 0) is 50.8 Å². The van der Waals surface area contributed by atoms with Crippen LogP contribution in [0.2, 0.25) is 0 Å². The van der Waals surface area contributed by atoms with Crippen molar-refractivity contribution in [2.24, 2.45) is 11.8 Å². The summed E-state index contributed by atoms with van der Waals surface area (Å²) in [5.74, 6) is -0.130. The van der Waals surface area contributed by atoms with Gasteiger partial charge in [-0.25, -0.2) is 4.79 Å². The number of nitrogens with one attached hydrogen (secondary N) is 2. The highest BCUT2D eigenvalue weighted by Crippen LogP contribution is 2.30. The molecule has 0 spiro atoms. The molecule has 7 heteroatoms. The number of rotatable bonds is 5. The number of hydrogen-bond donors (Lipinski definition) is 2. The van der Waals surface area contributed by atoms with Crippen LogP contribution >= 0.6 is 0 Å². The molecule has 1 aliphatic carbocycles. The van der Waals surface area contributed by atoms with Crippen molar-refractivity contribution < 1.29 is 19.1 Å². The summed E-state index contributed by atoms with van der Waals surface area (Å²) in [4.78, 5) is 37.7. The van der Waals surface area contributed by atoms with Crippen molar-refractivity contribution in [3.63, 3.8) is 0 Å². The molecule has 140 valence electrons. The van der Waals surface area contributed by atoms with Crippen molar-refractivity contribution in [1.82, 2.24) is 4.90 Å². The molecule has 1 aromatic rings. The number of anilines is 2. The molecule has 1 saturated heterocycles. The topological polar surface area (TPSA) is 87.7 Å². The Morgan fingerprint density at radius 2 is 1.69 bits per heavy atom. The smallest absolute Gasteiger partial charge is 0.321 e. The van der Waals surface area contributed by atoms with E-state index in [1.807, 2.05) is 0 Å². The lowest BCUT2D eigenvalue weighted by Crippen LogP contribution is -2.42. The summed E-state index contributed by atoms with van der Waals surface area (Å²) in [6, 6.07) is 6.95. The summed E-state index contributed by atoms with van der Waals surface area (Å²) < 4.78 is 5.05. The maximum Gasteiger partial charge on any atom is 0.321 e. The van der Waals surface area contributed by atoms with E-state index in [4.69, 9.17) is 4.74 Å². The second-order valence-electron chi connectivity index (χ2n) is 6.79. The molecule has 1 aliphatic heterocycles. The van der Waals surface area contributed by atoms with Gasteiger partial charge in [-0.3, -0.25) is 9.59 Å². The van der Waals surface area contributed by atoms with Gasteiger partial charge in [0.2, 0.25) is 5.91 Å². The fraction of sp³-hybridized carbons (Fsp3) is 0.526. The summed E-state index contributed by atoms with van der Waals surface area (Å²) in [7, 11) is 0. The van der Waals surface area contributed by atoms with E-state index >= 15 is 0 Å². The molecule has 0 atom stereocenters. The van der Waals surface area contributed by atoms with E-state index in [1.165, 1.54) is 0 Å². The minimum atomic E-state index is -0.196. The Bertz CT molecular complexity index is 679. The maximum absolute atomic E-state index is 12.4. The highest BCUT2D eigenvalue weighted by atomic mass is 16.5. The van der Waals surface area contributed by atoms with Gasteiger partial charge in [0.15, 0.2) is 0 Å². The molecule has 2 fully saturated rings. The minimum Gasteiger partial charge on any atom is -0.466 e. The number of esters is 1. The fourth-order valence-electron chi connectivity index (χ4n) is 3.05. The predicted molar refractivity (Wildman–Crippen MR) is 97.7 cm³/mol. The Balaban J connectivity index is 1.50. The van der Waals surface area contributed by atoms with Crippen LogP contribution in [0.5, 0.6) is 0 Å². The average Bonchev–Trinajstić information content (AvgIpc) is 3.47. The SMILES string of the molecule is CCOC(=O)C1CCN(C(=O)Nc2cccc(NC(=O)C3CC3)c2)CC1. The normalized spacial score (nSPS) is 17.5. The standard InChI is InChI=1S/C19H25N3O4/c1-2-26-18(24)14-8-10-22(11-9-14)19(25)21-16-5-3-4-15(12-16)20-17(23)13-6-7-13/h3-5,12-14H,2,6-11H2,1H3,(H,20,23)(H,21,25). The molecular formula is C19H25N3O4. The van der Waals surface area contributed by atoms with E-state index in [0.717, 1.165) is 12.8 Å². The first-order valence-electron chi connectivity index (χ1n) is 9.20. The van der Waals surface area contributed by atoms with Crippen LogP contribution in [-0.2, 0) is 14.3 Å². The van der Waals surface area contributed by atoms with Gasteiger partial charge in [0.1, 0.15) is 0 Å². The highest BCUT2D eigenvalue weighted by Gasteiger charge is 2.30. The van der Waals surface area contributed by atoms with Crippen molar-refractivity contribution in [1.29, 1.82) is 0 Å². The van der Waals surface area contributed by atoms with Gasteiger partial charge in [-0.15, -0.1) is 0 Å². The molecule has 3 rings (SSSR count). The van der Waals surface area contributed by atoms with Crippen LogP contribution in [0.3, 0.4) is 0 Å². The summed E-state index contributed by atoms with van der Waals surface area (Å²) in [5, 5.41) is 5.73. The van der Waals surface area contributed by atoms with Crippen LogP contribution in [-0.4, -0.2) is 42.5 Å². The number of nitrogens with zero attached hydrogens (tertiary/aromatic N) is 1. The first-order chi connectivity index (χ1) is 12.6. The van der Waals surface area contributed by atoms with Crippen LogP contribution in [0, 0.1) is 11.8 Å². The van der Waals surface area contributed by atoms with Gasteiger partial charge in [0.05, 0.1) is 12.5 Å². The second kappa shape index (κ2) is 8.21. The van der Waals surface area contributed by atoms with Crippen molar-refractivity contribution in [3.05, 3.63) is 24.3 Å². The number of hydrogen-bond acceptors (Lipinski definition) is 4. The molecule has 7 nitrogen and oxygen atoms in total. The van der Waals surface area contributed by atoms with Gasteiger partial charge in [-0.1, -0.05) is 6.07 Å². The van der Waals surface area contributed by atoms with Crippen LogP contribution in [0.4, 0.5) is 16.2 Å². The predicted octanol–water partition coefficient (Wildman–Crippen LogP) is 2.84. The number of urea groups is 1. The van der Waals surface area contributed by atoms with Gasteiger partial charge < -0.3 is 20.3 Å². The summed E-state index contributed by atoms with van der Waals surface area (Å²) in [6.45, 7) is 3.22. The summed E-state index contributed by atoms with van der Waals surface area (Å²) in [6.07, 6.45) is 3.13. The summed E-state index contributed by atoms with van der Waals surface area (Å²) in [5.41, 5.74) is 1.32. The zero-order valence-electron chi connectivity index (χ0n) is 15.0. The van der Waals surface area contributed by atoms with Crippen molar-refractivity contribution in [2.75, 3.05) is 30.3 Å². The molecule has 0 radical (unpaired) electrons. The maximum atomic E-state index is 12.4. The third-order valence-corrected chi connectivity index (χ3v) is 4.73. The molecule has 0 bridgehead atoms. The molecule has 2 N–H and O–H groups in total. The second-order valence-corrected chi connectivity index (χ2v) is 6.79. The number of likely N-dealkylation sites (tertiary alicyclic amines) is 1. The lowest BCUT2D eigenvalue weighted by Gasteiger charge is -2.30. The van der Waals surface area contributed by atoms with Crippen molar-refractivity contribution >= 4 is 29.3 Å². The quantitative estimate of drug-likeness (QED) is 0.792. The largest absolute Gasteiger partial charge is 0.466 e. The van der Waals surface area contributed by atoms with Crippen molar-refractivity contribution in [2.45, 2.75) is 32.6 Å². The molecule has 26 heavy (non-hydrogen) atoms. The van der Waals surface area contributed by atoms with E-state index in [0.29, 0.717) is 43.9 Å². The Morgan fingerprint density at radius 3 is 2.31 bits per heavy atom. The van der Waals surface area contributed by atoms with Gasteiger partial charge >= 0.3 is 12.0 Å². The number of piperidine rings is 1. The zero-order chi connectivity index (χ0) is 18.5. The van der Waals surface area contributed by atoms with E-state index in [9.17, 15) is 14.4 Å². The highest BCUT2D eigenvalue weighted by molar-refractivity contribution is 5.95. The Hall–Kier alpha value is -2.57. The van der Waals surface area contributed by atoms with Crippen molar-refractivity contribution in [3.8, 4) is 0 Å². The number of carbonyl (C=O) groups excluding carboxylic acids is 3. The number of ether oxygens (including phenoxy) is 1. The van der Waals surface area contributed by atoms with Crippen LogP contribution in [0.1, 0.15) is 32.6 Å². The first kappa shape index (κ1) is 18.2. The Labute approximate surface area is 153 Å². The van der Waals surface area contributed by atoms with Crippen LogP contribution in [0.25, 0.3) is 0 Å². The number of carbonyl (C=O) groups is 3. The number of benzene rings is 1. The molecule has 0 aromatic heterocycles. The molecule has 1 saturated carbocycles. The van der Waals surface area contributed by atoms with E-state index in [-0.39, 0.29) is 29.7 Å². The van der Waals surface area contributed by atoms with Gasteiger partial charge in [0, 0.05) is 30.4 Å².